The number of hydrogen-bond donors (Lipinski definition) is 1. The van der Waals surface area contributed by atoms with Crippen molar-refractivity contribution in [2.45, 2.75) is 19.1 Å². The number of halogens is 3. The van der Waals surface area contributed by atoms with Crippen molar-refractivity contribution < 1.29 is 18.0 Å². The maximum Gasteiger partial charge on any atom is 0.416 e. The standard InChI is InChI=1S/C19H16F3N3O/c1-13(14-4-8-17(9-5-14)25-11-10-23-12-25)24-18(26)15-2-6-16(7-3-15)19(20,21)22/h2-13H,1H3,(H,24,26)/t13-/m0/s1. The molecule has 0 fully saturated rings. The van der Waals surface area contributed by atoms with Crippen molar-refractivity contribution in [3.63, 3.8) is 0 Å². The number of hydrogen-bond acceptors (Lipinski definition) is 2. The topological polar surface area (TPSA) is 46.9 Å². The lowest BCUT2D eigenvalue weighted by molar-refractivity contribution is -0.137. The van der Waals surface area contributed by atoms with Crippen LogP contribution in [0.3, 0.4) is 0 Å². The molecule has 1 heterocycles. The highest BCUT2D eigenvalue weighted by Crippen LogP contribution is 2.29. The van der Waals surface area contributed by atoms with Gasteiger partial charge in [0.15, 0.2) is 0 Å². The Labute approximate surface area is 148 Å². The van der Waals surface area contributed by atoms with Crippen molar-refractivity contribution in [2.75, 3.05) is 0 Å². The van der Waals surface area contributed by atoms with Crippen LogP contribution in [0, 0.1) is 0 Å². The Morgan fingerprint density at radius 2 is 1.73 bits per heavy atom. The molecule has 0 saturated heterocycles. The van der Waals surface area contributed by atoms with Gasteiger partial charge in [-0.2, -0.15) is 13.2 Å². The molecule has 26 heavy (non-hydrogen) atoms. The molecule has 0 aliphatic carbocycles. The van der Waals surface area contributed by atoms with Gasteiger partial charge in [0.05, 0.1) is 17.9 Å². The van der Waals surface area contributed by atoms with Gasteiger partial charge in [0.2, 0.25) is 0 Å². The first kappa shape index (κ1) is 17.7. The minimum absolute atomic E-state index is 0.180. The Morgan fingerprint density at radius 3 is 2.27 bits per heavy atom. The SMILES string of the molecule is C[C@H](NC(=O)c1ccc(C(F)(F)F)cc1)c1ccc(-n2ccnc2)cc1. The average molecular weight is 359 g/mol. The first-order chi connectivity index (χ1) is 12.3. The largest absolute Gasteiger partial charge is 0.416 e. The molecule has 1 amide bonds. The number of nitrogens with one attached hydrogen (secondary N) is 1. The molecular formula is C19H16F3N3O. The smallest absolute Gasteiger partial charge is 0.346 e. The first-order valence-electron chi connectivity index (χ1n) is 7.91. The molecule has 3 aromatic rings. The molecule has 2 aromatic carbocycles. The van der Waals surface area contributed by atoms with E-state index in [1.807, 2.05) is 42.0 Å². The number of nitrogens with zero attached hydrogens (tertiary/aromatic N) is 2. The zero-order valence-corrected chi connectivity index (χ0v) is 13.9. The van der Waals surface area contributed by atoms with Crippen molar-refractivity contribution >= 4 is 5.91 Å². The van der Waals surface area contributed by atoms with Crippen LogP contribution in [-0.2, 0) is 6.18 Å². The van der Waals surface area contributed by atoms with E-state index in [1.165, 1.54) is 12.1 Å². The third kappa shape index (κ3) is 3.93. The summed E-state index contributed by atoms with van der Waals surface area (Å²) in [6.07, 6.45) is 0.774. The van der Waals surface area contributed by atoms with Gasteiger partial charge < -0.3 is 9.88 Å². The number of carbonyl (C=O) groups is 1. The molecule has 7 heteroatoms. The van der Waals surface area contributed by atoms with Crippen LogP contribution >= 0.6 is 0 Å². The van der Waals surface area contributed by atoms with Crippen molar-refractivity contribution in [3.8, 4) is 5.69 Å². The van der Waals surface area contributed by atoms with E-state index in [9.17, 15) is 18.0 Å². The molecule has 1 atom stereocenters. The summed E-state index contributed by atoms with van der Waals surface area (Å²) in [6, 6.07) is 11.4. The maximum absolute atomic E-state index is 12.6. The Bertz CT molecular complexity index is 870. The van der Waals surface area contributed by atoms with Crippen LogP contribution in [0.4, 0.5) is 13.2 Å². The van der Waals surface area contributed by atoms with Gasteiger partial charge in [-0.1, -0.05) is 12.1 Å². The van der Waals surface area contributed by atoms with Crippen LogP contribution in [0.15, 0.2) is 67.3 Å². The number of benzene rings is 2. The van der Waals surface area contributed by atoms with E-state index >= 15 is 0 Å². The number of amides is 1. The van der Waals surface area contributed by atoms with E-state index in [-0.39, 0.29) is 11.6 Å². The maximum atomic E-state index is 12.6. The van der Waals surface area contributed by atoms with Gasteiger partial charge in [0.1, 0.15) is 0 Å². The highest BCUT2D eigenvalue weighted by atomic mass is 19.4. The summed E-state index contributed by atoms with van der Waals surface area (Å²) in [4.78, 5) is 16.2. The van der Waals surface area contributed by atoms with Gasteiger partial charge in [-0.15, -0.1) is 0 Å². The summed E-state index contributed by atoms with van der Waals surface area (Å²) < 4.78 is 39.6. The number of aromatic nitrogens is 2. The van der Waals surface area contributed by atoms with E-state index in [1.54, 1.807) is 12.5 Å². The lowest BCUT2D eigenvalue weighted by Crippen LogP contribution is -2.26. The molecule has 1 aromatic heterocycles. The second kappa shape index (κ2) is 7.03. The molecule has 0 spiro atoms. The summed E-state index contributed by atoms with van der Waals surface area (Å²) >= 11 is 0. The van der Waals surface area contributed by atoms with Crippen LogP contribution in [0.1, 0.15) is 34.5 Å². The monoisotopic (exact) mass is 359 g/mol. The van der Waals surface area contributed by atoms with Gasteiger partial charge in [-0.25, -0.2) is 4.98 Å². The minimum Gasteiger partial charge on any atom is -0.346 e. The van der Waals surface area contributed by atoms with Gasteiger partial charge in [0.25, 0.3) is 5.91 Å². The van der Waals surface area contributed by atoms with Crippen molar-refractivity contribution in [1.29, 1.82) is 0 Å². The number of imidazole rings is 1. The van der Waals surface area contributed by atoms with E-state index in [4.69, 9.17) is 0 Å². The van der Waals surface area contributed by atoms with E-state index < -0.39 is 17.6 Å². The van der Waals surface area contributed by atoms with Crippen LogP contribution in [0.2, 0.25) is 0 Å². The van der Waals surface area contributed by atoms with Gasteiger partial charge >= 0.3 is 6.18 Å². The lowest BCUT2D eigenvalue weighted by Gasteiger charge is -2.15. The Hall–Kier alpha value is -3.09. The Morgan fingerprint density at radius 1 is 1.08 bits per heavy atom. The fraction of sp³-hybridized carbons (Fsp3) is 0.158. The number of carbonyl (C=O) groups excluding carboxylic acids is 1. The zero-order valence-electron chi connectivity index (χ0n) is 13.9. The third-order valence-corrected chi connectivity index (χ3v) is 4.02. The van der Waals surface area contributed by atoms with Crippen LogP contribution in [0.25, 0.3) is 5.69 Å². The van der Waals surface area contributed by atoms with E-state index in [0.29, 0.717) is 0 Å². The summed E-state index contributed by atoms with van der Waals surface area (Å²) in [5.74, 6) is -0.426. The number of rotatable bonds is 4. The molecule has 0 bridgehead atoms. The molecular weight excluding hydrogens is 343 g/mol. The van der Waals surface area contributed by atoms with Crippen LogP contribution < -0.4 is 5.32 Å². The van der Waals surface area contributed by atoms with E-state index in [0.717, 1.165) is 23.4 Å². The zero-order chi connectivity index (χ0) is 18.7. The number of alkyl halides is 3. The molecule has 3 rings (SSSR count). The average Bonchev–Trinajstić information content (AvgIpc) is 3.16. The summed E-state index contributed by atoms with van der Waals surface area (Å²) in [6.45, 7) is 1.81. The summed E-state index contributed by atoms with van der Waals surface area (Å²) in [5, 5.41) is 2.79. The van der Waals surface area contributed by atoms with Crippen molar-refractivity contribution in [1.82, 2.24) is 14.9 Å². The second-order valence-corrected chi connectivity index (χ2v) is 5.83. The molecule has 0 radical (unpaired) electrons. The summed E-state index contributed by atoms with van der Waals surface area (Å²) in [7, 11) is 0. The van der Waals surface area contributed by atoms with Crippen molar-refractivity contribution in [3.05, 3.63) is 83.9 Å². The highest BCUT2D eigenvalue weighted by molar-refractivity contribution is 5.94. The molecule has 0 aliphatic heterocycles. The van der Waals surface area contributed by atoms with Crippen molar-refractivity contribution in [2.24, 2.45) is 0 Å². The molecule has 0 saturated carbocycles. The van der Waals surface area contributed by atoms with Gasteiger partial charge in [-0.05, 0) is 48.9 Å². The molecule has 0 aliphatic rings. The predicted molar refractivity (Wildman–Crippen MR) is 90.9 cm³/mol. The lowest BCUT2D eigenvalue weighted by atomic mass is 10.1. The van der Waals surface area contributed by atoms with Gasteiger partial charge in [-0.3, -0.25) is 4.79 Å². The summed E-state index contributed by atoms with van der Waals surface area (Å²) in [5.41, 5.74) is 1.22. The molecule has 0 unspecified atom stereocenters. The molecule has 134 valence electrons. The van der Waals surface area contributed by atoms with Crippen LogP contribution in [-0.4, -0.2) is 15.5 Å². The Balaban J connectivity index is 1.67. The molecule has 1 N–H and O–H groups in total. The third-order valence-electron chi connectivity index (χ3n) is 4.02. The minimum atomic E-state index is -4.42. The fourth-order valence-corrected chi connectivity index (χ4v) is 2.52. The van der Waals surface area contributed by atoms with Crippen LogP contribution in [0.5, 0.6) is 0 Å². The predicted octanol–water partition coefficient (Wildman–Crippen LogP) is 4.38. The first-order valence-corrected chi connectivity index (χ1v) is 7.91. The Kier molecular flexibility index (Phi) is 4.79. The highest BCUT2D eigenvalue weighted by Gasteiger charge is 2.30. The van der Waals surface area contributed by atoms with Gasteiger partial charge in [0, 0.05) is 23.6 Å². The normalized spacial score (nSPS) is 12.6. The van der Waals surface area contributed by atoms with E-state index in [2.05, 4.69) is 10.3 Å². The quantitative estimate of drug-likeness (QED) is 0.751. The second-order valence-electron chi connectivity index (χ2n) is 5.83. The fourth-order valence-electron chi connectivity index (χ4n) is 2.52. The molecule has 4 nitrogen and oxygen atoms in total.